The van der Waals surface area contributed by atoms with Gasteiger partial charge < -0.3 is 19.9 Å². The van der Waals surface area contributed by atoms with Gasteiger partial charge in [0.15, 0.2) is 22.9 Å². The van der Waals surface area contributed by atoms with E-state index >= 15 is 0 Å². The van der Waals surface area contributed by atoms with Crippen molar-refractivity contribution < 1.29 is 13.7 Å². The zero-order chi connectivity index (χ0) is 27.6. The number of carbonyl (C=O) groups excluding carboxylic acids is 1. The molecular formula is C26H34N6O5S. The second-order valence-corrected chi connectivity index (χ2v) is 11.2. The molecule has 38 heavy (non-hydrogen) atoms. The van der Waals surface area contributed by atoms with Gasteiger partial charge in [-0.1, -0.05) is 23.8 Å². The molecule has 3 aromatic rings. The number of hydrogen-bond donors (Lipinski definition) is 1. The Morgan fingerprint density at radius 1 is 1.26 bits per heavy atom. The van der Waals surface area contributed by atoms with Crippen LogP contribution in [0.15, 0.2) is 45.5 Å². The van der Waals surface area contributed by atoms with Crippen molar-refractivity contribution in [1.82, 2.24) is 18.7 Å². The fraction of sp³-hybridized carbons (Fsp3) is 0.462. The van der Waals surface area contributed by atoms with E-state index in [4.69, 9.17) is 15.5 Å². The molecule has 11 nitrogen and oxygen atoms in total. The first kappa shape index (κ1) is 27.5. The molecule has 0 saturated carbocycles. The summed E-state index contributed by atoms with van der Waals surface area (Å²) in [4.78, 5) is 46.9. The zero-order valence-electron chi connectivity index (χ0n) is 22.2. The number of aryl methyl sites for hydroxylation is 1. The van der Waals surface area contributed by atoms with Gasteiger partial charge in [-0.2, -0.15) is 4.98 Å². The number of aromatic nitrogens is 4. The molecule has 1 aliphatic rings. The quantitative estimate of drug-likeness (QED) is 0.317. The number of carbonyl (C=O) groups is 1. The number of fused-ring (bicyclic) bond motifs is 1. The molecule has 0 amide bonds. The van der Waals surface area contributed by atoms with Crippen molar-refractivity contribution in [2.75, 3.05) is 30.2 Å². The van der Waals surface area contributed by atoms with Gasteiger partial charge in [0.1, 0.15) is 5.75 Å². The third kappa shape index (κ3) is 5.81. The molecule has 4 rings (SSSR count). The predicted molar refractivity (Wildman–Crippen MR) is 148 cm³/mol. The molecule has 2 atom stereocenters. The smallest absolute Gasteiger partial charge is 0.332 e. The molecule has 0 bridgehead atoms. The lowest BCUT2D eigenvalue weighted by atomic mass is 10.1. The van der Waals surface area contributed by atoms with Crippen LogP contribution in [0.4, 0.5) is 5.95 Å². The summed E-state index contributed by atoms with van der Waals surface area (Å²) in [5.41, 5.74) is 6.89. The van der Waals surface area contributed by atoms with Crippen molar-refractivity contribution in [1.29, 1.82) is 0 Å². The zero-order valence-corrected chi connectivity index (χ0v) is 23.0. The Hall–Kier alpha value is -3.51. The Morgan fingerprint density at radius 3 is 2.71 bits per heavy atom. The Kier molecular flexibility index (Phi) is 8.32. The van der Waals surface area contributed by atoms with Gasteiger partial charge in [-0.15, -0.1) is 0 Å². The average Bonchev–Trinajstić information content (AvgIpc) is 3.27. The number of nitrogens with zero attached hydrogens (tertiary/aromatic N) is 5. The first-order valence-electron chi connectivity index (χ1n) is 12.5. The molecule has 2 unspecified atom stereocenters. The highest BCUT2D eigenvalue weighted by molar-refractivity contribution is 7.84. The summed E-state index contributed by atoms with van der Waals surface area (Å²) in [5.74, 6) is 0.533. The maximum atomic E-state index is 13.8. The third-order valence-electron chi connectivity index (χ3n) is 6.48. The molecule has 12 heteroatoms. The highest BCUT2D eigenvalue weighted by atomic mass is 32.2. The summed E-state index contributed by atoms with van der Waals surface area (Å²) in [5, 5.41) is 0. The average molecular weight is 543 g/mol. The van der Waals surface area contributed by atoms with Crippen molar-refractivity contribution in [2.45, 2.75) is 45.8 Å². The number of ketones is 1. The molecule has 1 aromatic carbocycles. The van der Waals surface area contributed by atoms with Crippen LogP contribution in [0.5, 0.6) is 5.75 Å². The van der Waals surface area contributed by atoms with Gasteiger partial charge in [-0.25, -0.2) is 4.79 Å². The third-order valence-corrected chi connectivity index (χ3v) is 6.93. The van der Waals surface area contributed by atoms with Gasteiger partial charge in [0.05, 0.1) is 17.3 Å². The molecule has 0 spiro atoms. The SMILES string of the molecule is CC(C)=CCn1c(N2CCCC(N)C2)nc2c1c(=O)n(CC(=O)c1cccc(OCS(C)=O)c1)c(=O)n2C. The van der Waals surface area contributed by atoms with Gasteiger partial charge >= 0.3 is 5.69 Å². The van der Waals surface area contributed by atoms with Gasteiger partial charge in [0.25, 0.3) is 5.56 Å². The molecular weight excluding hydrogens is 508 g/mol. The molecule has 204 valence electrons. The molecule has 1 saturated heterocycles. The fourth-order valence-electron chi connectivity index (χ4n) is 4.52. The van der Waals surface area contributed by atoms with Crippen LogP contribution >= 0.6 is 0 Å². The minimum atomic E-state index is -1.17. The summed E-state index contributed by atoms with van der Waals surface area (Å²) in [7, 11) is 0.384. The van der Waals surface area contributed by atoms with E-state index in [9.17, 15) is 18.6 Å². The molecule has 2 aromatic heterocycles. The van der Waals surface area contributed by atoms with Crippen LogP contribution in [0.3, 0.4) is 0 Å². The minimum absolute atomic E-state index is 0.00405. The lowest BCUT2D eigenvalue weighted by Gasteiger charge is -2.31. The molecule has 2 N–H and O–H groups in total. The number of hydrogen-bond acceptors (Lipinski definition) is 8. The van der Waals surface area contributed by atoms with E-state index in [1.165, 1.54) is 16.9 Å². The maximum Gasteiger partial charge on any atom is 0.332 e. The van der Waals surface area contributed by atoms with Crippen LogP contribution in [0, 0.1) is 0 Å². The van der Waals surface area contributed by atoms with E-state index in [1.807, 2.05) is 24.5 Å². The van der Waals surface area contributed by atoms with Crippen LogP contribution in [0.25, 0.3) is 11.2 Å². The molecule has 1 aliphatic heterocycles. The van der Waals surface area contributed by atoms with Crippen molar-refractivity contribution in [3.8, 4) is 5.75 Å². The van der Waals surface area contributed by atoms with Gasteiger partial charge in [0.2, 0.25) is 5.95 Å². The Labute approximate surface area is 223 Å². The first-order chi connectivity index (χ1) is 18.1. The van der Waals surface area contributed by atoms with Crippen LogP contribution in [-0.4, -0.2) is 60.0 Å². The van der Waals surface area contributed by atoms with E-state index in [2.05, 4.69) is 4.90 Å². The van der Waals surface area contributed by atoms with E-state index in [0.29, 0.717) is 24.8 Å². The summed E-state index contributed by atoms with van der Waals surface area (Å²) in [6, 6.07) is 6.38. The van der Waals surface area contributed by atoms with Crippen LogP contribution in [0.2, 0.25) is 0 Å². The number of piperidine rings is 1. The number of allylic oxidation sites excluding steroid dienone is 2. The second kappa shape index (κ2) is 11.5. The molecule has 0 aliphatic carbocycles. The van der Waals surface area contributed by atoms with Crippen molar-refractivity contribution in [2.24, 2.45) is 12.8 Å². The van der Waals surface area contributed by atoms with Gasteiger partial charge in [-0.3, -0.25) is 22.9 Å². The topological polar surface area (TPSA) is 134 Å². The van der Waals surface area contributed by atoms with E-state index in [0.717, 1.165) is 29.5 Å². The highest BCUT2D eigenvalue weighted by Gasteiger charge is 2.26. The summed E-state index contributed by atoms with van der Waals surface area (Å²) >= 11 is 0. The second-order valence-electron chi connectivity index (χ2n) is 9.84. The fourth-order valence-corrected chi connectivity index (χ4v) is 4.83. The molecule has 1 fully saturated rings. The monoisotopic (exact) mass is 542 g/mol. The van der Waals surface area contributed by atoms with Crippen LogP contribution in [-0.2, 0) is 30.9 Å². The number of nitrogens with two attached hydrogens (primary N) is 1. The lowest BCUT2D eigenvalue weighted by Crippen LogP contribution is -2.44. The summed E-state index contributed by atoms with van der Waals surface area (Å²) < 4.78 is 20.9. The Morgan fingerprint density at radius 2 is 2.03 bits per heavy atom. The van der Waals surface area contributed by atoms with Crippen molar-refractivity contribution in [3.05, 3.63) is 62.3 Å². The molecule has 3 heterocycles. The number of ether oxygens (including phenoxy) is 1. The number of rotatable bonds is 9. The van der Waals surface area contributed by atoms with Crippen molar-refractivity contribution in [3.63, 3.8) is 0 Å². The Bertz CT molecular complexity index is 1530. The van der Waals surface area contributed by atoms with Gasteiger partial charge in [0, 0.05) is 44.5 Å². The minimum Gasteiger partial charge on any atom is -0.480 e. The van der Waals surface area contributed by atoms with Crippen LogP contribution < -0.4 is 26.6 Å². The summed E-state index contributed by atoms with van der Waals surface area (Å²) in [6.07, 6.45) is 5.33. The predicted octanol–water partition coefficient (Wildman–Crippen LogP) is 1.39. The standard InChI is InChI=1S/C26H34N6O5S/c1-17(2)10-12-31-22-23(28-25(31)30-11-6-8-19(27)14-30)29(3)26(35)32(24(22)34)15-21(33)18-7-5-9-20(13-18)37-16-38(4)36/h5,7,9-10,13,19H,6,8,11-12,14-16,27H2,1-4H3. The maximum absolute atomic E-state index is 13.8. The normalized spacial score (nSPS) is 16.4. The number of imidazole rings is 1. The molecule has 0 radical (unpaired) electrons. The van der Waals surface area contributed by atoms with E-state index < -0.39 is 34.4 Å². The lowest BCUT2D eigenvalue weighted by molar-refractivity contribution is 0.0968. The first-order valence-corrected chi connectivity index (χ1v) is 14.2. The number of benzene rings is 1. The van der Waals surface area contributed by atoms with Gasteiger partial charge in [-0.05, 0) is 38.8 Å². The van der Waals surface area contributed by atoms with E-state index in [1.54, 1.807) is 25.2 Å². The largest absolute Gasteiger partial charge is 0.480 e. The highest BCUT2D eigenvalue weighted by Crippen LogP contribution is 2.23. The summed E-state index contributed by atoms with van der Waals surface area (Å²) in [6.45, 7) is 5.23. The van der Waals surface area contributed by atoms with E-state index in [-0.39, 0.29) is 28.7 Å². The van der Waals surface area contributed by atoms with Crippen molar-refractivity contribution >= 4 is 33.7 Å². The Balaban J connectivity index is 1.78. The number of anilines is 1. The number of Topliss-reactive ketones (excluding diaryl/α,β-unsaturated/α-hetero) is 1. The van der Waals surface area contributed by atoms with Crippen LogP contribution in [0.1, 0.15) is 37.0 Å².